The summed E-state index contributed by atoms with van der Waals surface area (Å²) in [6.07, 6.45) is 4.34. The molecule has 0 radical (unpaired) electrons. The second kappa shape index (κ2) is 8.02. The highest BCUT2D eigenvalue weighted by Crippen LogP contribution is 2.32. The SMILES string of the molecule is O=C(O)CC(NC(=O)C=Cc1ccc2c(c1)OCO2)c1cnc2ccccc2c1. The van der Waals surface area contributed by atoms with Crippen LogP contribution >= 0.6 is 0 Å². The van der Waals surface area contributed by atoms with Crippen LogP contribution in [0.2, 0.25) is 0 Å². The molecule has 1 aliphatic heterocycles. The van der Waals surface area contributed by atoms with E-state index < -0.39 is 17.9 Å². The molecule has 1 aliphatic rings. The van der Waals surface area contributed by atoms with Gasteiger partial charge in [-0.2, -0.15) is 0 Å². The molecule has 1 aromatic heterocycles. The number of hydrogen-bond acceptors (Lipinski definition) is 5. The Morgan fingerprint density at radius 2 is 1.97 bits per heavy atom. The predicted octanol–water partition coefficient (Wildman–Crippen LogP) is 3.31. The molecule has 2 aromatic carbocycles. The molecular weight excluding hydrogens is 372 g/mol. The maximum atomic E-state index is 12.4. The van der Waals surface area contributed by atoms with Crippen LogP contribution in [0.25, 0.3) is 17.0 Å². The zero-order chi connectivity index (χ0) is 20.2. The molecular formula is C22H18N2O5. The highest BCUT2D eigenvalue weighted by molar-refractivity contribution is 5.92. The average Bonchev–Trinajstić information content (AvgIpc) is 3.19. The van der Waals surface area contributed by atoms with Crippen molar-refractivity contribution in [2.75, 3.05) is 6.79 Å². The summed E-state index contributed by atoms with van der Waals surface area (Å²) in [6, 6.07) is 14.0. The lowest BCUT2D eigenvalue weighted by Crippen LogP contribution is -2.28. The molecule has 0 fully saturated rings. The third-order valence-electron chi connectivity index (χ3n) is 4.53. The Hall–Kier alpha value is -3.87. The number of fused-ring (bicyclic) bond motifs is 2. The van der Waals surface area contributed by atoms with E-state index in [1.165, 1.54) is 6.08 Å². The first-order valence-corrected chi connectivity index (χ1v) is 9.03. The van der Waals surface area contributed by atoms with Crippen LogP contribution in [0.3, 0.4) is 0 Å². The molecule has 7 nitrogen and oxygen atoms in total. The quantitative estimate of drug-likeness (QED) is 0.627. The molecule has 4 rings (SSSR count). The summed E-state index contributed by atoms with van der Waals surface area (Å²) in [5.41, 5.74) is 2.21. The number of para-hydroxylation sites is 1. The van der Waals surface area contributed by atoms with Gasteiger partial charge in [0.05, 0.1) is 18.0 Å². The van der Waals surface area contributed by atoms with Crippen molar-refractivity contribution in [3.8, 4) is 11.5 Å². The second-order valence-electron chi connectivity index (χ2n) is 6.57. The van der Waals surface area contributed by atoms with Crippen molar-refractivity contribution >= 4 is 28.9 Å². The molecule has 0 aliphatic carbocycles. The summed E-state index contributed by atoms with van der Waals surface area (Å²) in [4.78, 5) is 28.1. The Morgan fingerprint density at radius 3 is 2.83 bits per heavy atom. The van der Waals surface area contributed by atoms with Crippen LogP contribution < -0.4 is 14.8 Å². The van der Waals surface area contributed by atoms with Crippen molar-refractivity contribution in [3.63, 3.8) is 0 Å². The number of rotatable bonds is 6. The minimum Gasteiger partial charge on any atom is -0.481 e. The largest absolute Gasteiger partial charge is 0.481 e. The lowest BCUT2D eigenvalue weighted by atomic mass is 10.0. The molecule has 146 valence electrons. The molecule has 0 saturated heterocycles. The van der Waals surface area contributed by atoms with E-state index in [2.05, 4.69) is 10.3 Å². The topological polar surface area (TPSA) is 97.8 Å². The third kappa shape index (κ3) is 4.35. The zero-order valence-electron chi connectivity index (χ0n) is 15.4. The van der Waals surface area contributed by atoms with E-state index in [9.17, 15) is 14.7 Å². The summed E-state index contributed by atoms with van der Waals surface area (Å²) in [6.45, 7) is 0.180. The van der Waals surface area contributed by atoms with E-state index in [0.717, 1.165) is 16.5 Å². The van der Waals surface area contributed by atoms with Gasteiger partial charge in [-0.15, -0.1) is 0 Å². The summed E-state index contributed by atoms with van der Waals surface area (Å²) in [5, 5.41) is 12.9. The van der Waals surface area contributed by atoms with Crippen LogP contribution in [-0.2, 0) is 9.59 Å². The van der Waals surface area contributed by atoms with Gasteiger partial charge in [-0.1, -0.05) is 24.3 Å². The normalized spacial score (nSPS) is 13.5. The number of pyridine rings is 1. The fraction of sp³-hybridized carbons (Fsp3) is 0.136. The van der Waals surface area contributed by atoms with Crippen molar-refractivity contribution in [3.05, 3.63) is 71.9 Å². The molecule has 0 saturated carbocycles. The molecule has 7 heteroatoms. The maximum absolute atomic E-state index is 12.4. The maximum Gasteiger partial charge on any atom is 0.305 e. The molecule has 0 spiro atoms. The van der Waals surface area contributed by atoms with Crippen molar-refractivity contribution in [1.29, 1.82) is 0 Å². The van der Waals surface area contributed by atoms with Gasteiger partial charge in [0, 0.05) is 17.7 Å². The van der Waals surface area contributed by atoms with E-state index in [4.69, 9.17) is 9.47 Å². The van der Waals surface area contributed by atoms with Gasteiger partial charge >= 0.3 is 5.97 Å². The number of carboxylic acids is 1. The van der Waals surface area contributed by atoms with Gasteiger partial charge in [-0.25, -0.2) is 0 Å². The molecule has 2 heterocycles. The number of hydrogen-bond donors (Lipinski definition) is 2. The van der Waals surface area contributed by atoms with Crippen molar-refractivity contribution in [1.82, 2.24) is 10.3 Å². The number of nitrogens with one attached hydrogen (secondary N) is 1. The van der Waals surface area contributed by atoms with Crippen molar-refractivity contribution < 1.29 is 24.2 Å². The van der Waals surface area contributed by atoms with Gasteiger partial charge in [0.1, 0.15) is 0 Å². The molecule has 1 unspecified atom stereocenters. The van der Waals surface area contributed by atoms with Gasteiger partial charge in [0.2, 0.25) is 12.7 Å². The van der Waals surface area contributed by atoms with E-state index in [1.807, 2.05) is 30.3 Å². The van der Waals surface area contributed by atoms with Crippen LogP contribution in [0.15, 0.2) is 60.8 Å². The standard InChI is InChI=1S/C22H18N2O5/c25-21(8-6-14-5-7-19-20(9-14)29-13-28-19)24-18(11-22(26)27)16-10-15-3-1-2-4-17(15)23-12-16/h1-10,12,18H,11,13H2,(H,24,25)(H,26,27). The highest BCUT2D eigenvalue weighted by atomic mass is 16.7. The number of carboxylic acid groups (broad SMARTS) is 1. The minimum absolute atomic E-state index is 0.180. The first kappa shape index (κ1) is 18.5. The number of aromatic nitrogens is 1. The lowest BCUT2D eigenvalue weighted by Gasteiger charge is -2.16. The Labute approximate surface area is 166 Å². The first-order valence-electron chi connectivity index (χ1n) is 9.03. The minimum atomic E-state index is -1.01. The van der Waals surface area contributed by atoms with Gasteiger partial charge in [-0.3, -0.25) is 14.6 Å². The molecule has 29 heavy (non-hydrogen) atoms. The lowest BCUT2D eigenvalue weighted by molar-refractivity contribution is -0.137. The van der Waals surface area contributed by atoms with Crippen LogP contribution in [0.4, 0.5) is 0 Å². The number of benzene rings is 2. The Balaban J connectivity index is 1.51. The van der Waals surface area contributed by atoms with E-state index in [1.54, 1.807) is 30.5 Å². The number of aliphatic carboxylic acids is 1. The number of nitrogens with zero attached hydrogens (tertiary/aromatic N) is 1. The zero-order valence-corrected chi connectivity index (χ0v) is 15.4. The molecule has 1 atom stereocenters. The summed E-state index contributed by atoms with van der Waals surface area (Å²) < 4.78 is 10.6. The van der Waals surface area contributed by atoms with Crippen LogP contribution in [0.1, 0.15) is 23.6 Å². The Morgan fingerprint density at radius 1 is 1.14 bits per heavy atom. The summed E-state index contributed by atoms with van der Waals surface area (Å²) >= 11 is 0. The number of carbonyl (C=O) groups is 2. The predicted molar refractivity (Wildman–Crippen MR) is 106 cm³/mol. The fourth-order valence-electron chi connectivity index (χ4n) is 3.11. The monoisotopic (exact) mass is 390 g/mol. The van der Waals surface area contributed by atoms with E-state index in [-0.39, 0.29) is 13.2 Å². The summed E-state index contributed by atoms with van der Waals surface area (Å²) in [7, 11) is 0. The third-order valence-corrected chi connectivity index (χ3v) is 4.53. The Kier molecular flexibility index (Phi) is 5.11. The van der Waals surface area contributed by atoms with Gasteiger partial charge in [-0.05, 0) is 41.5 Å². The smallest absolute Gasteiger partial charge is 0.305 e. The van der Waals surface area contributed by atoms with Gasteiger partial charge in [0.25, 0.3) is 0 Å². The number of ether oxygens (including phenoxy) is 2. The van der Waals surface area contributed by atoms with Crippen LogP contribution in [0.5, 0.6) is 11.5 Å². The number of amides is 1. The second-order valence-corrected chi connectivity index (χ2v) is 6.57. The highest BCUT2D eigenvalue weighted by Gasteiger charge is 2.18. The van der Waals surface area contributed by atoms with Crippen LogP contribution in [-0.4, -0.2) is 28.8 Å². The average molecular weight is 390 g/mol. The van der Waals surface area contributed by atoms with E-state index >= 15 is 0 Å². The van der Waals surface area contributed by atoms with Crippen LogP contribution in [0, 0.1) is 0 Å². The molecule has 0 bridgehead atoms. The van der Waals surface area contributed by atoms with E-state index in [0.29, 0.717) is 17.1 Å². The van der Waals surface area contributed by atoms with Gasteiger partial charge in [0.15, 0.2) is 11.5 Å². The molecule has 3 aromatic rings. The molecule has 2 N–H and O–H groups in total. The summed E-state index contributed by atoms with van der Waals surface area (Å²) in [5.74, 6) is -0.124. The first-order chi connectivity index (χ1) is 14.1. The van der Waals surface area contributed by atoms with Gasteiger partial charge < -0.3 is 19.9 Å². The van der Waals surface area contributed by atoms with Crippen molar-refractivity contribution in [2.45, 2.75) is 12.5 Å². The fourth-order valence-corrected chi connectivity index (χ4v) is 3.11. The molecule has 1 amide bonds. The number of carbonyl (C=O) groups excluding carboxylic acids is 1. The van der Waals surface area contributed by atoms with Crippen molar-refractivity contribution in [2.24, 2.45) is 0 Å². The Bertz CT molecular complexity index is 1110.